The zero-order chi connectivity index (χ0) is 10.3. The fourth-order valence-corrected chi connectivity index (χ4v) is 1.55. The van der Waals surface area contributed by atoms with Crippen molar-refractivity contribution in [1.82, 2.24) is 4.90 Å². The summed E-state index contributed by atoms with van der Waals surface area (Å²) in [5.41, 5.74) is 0. The van der Waals surface area contributed by atoms with Gasteiger partial charge in [-0.2, -0.15) is 0 Å². The number of rotatable bonds is 7. The topological polar surface area (TPSA) is 62.2 Å². The SMILES string of the molecule is CCCO[PH](O)(O)OCCN(C)C. The standard InChI is InChI=1S/C7H20NO4P/c1-4-6-11-13(9,10)12-7-5-8(2)3/h9-10,13H,4-7H2,1-3H3. The third-order valence-corrected chi connectivity index (χ3v) is 2.48. The Morgan fingerprint density at radius 2 is 1.69 bits per heavy atom. The number of nitrogens with zero attached hydrogens (tertiary/aromatic N) is 1. The van der Waals surface area contributed by atoms with Crippen molar-refractivity contribution in [3.05, 3.63) is 0 Å². The van der Waals surface area contributed by atoms with Crippen LogP contribution in [0.25, 0.3) is 0 Å². The molecule has 0 aromatic carbocycles. The molecule has 0 spiro atoms. The van der Waals surface area contributed by atoms with Gasteiger partial charge in [-0.1, -0.05) is 0 Å². The molecule has 0 bridgehead atoms. The van der Waals surface area contributed by atoms with Gasteiger partial charge >= 0.3 is 79.1 Å². The fourth-order valence-electron chi connectivity index (χ4n) is 0.638. The van der Waals surface area contributed by atoms with E-state index in [9.17, 15) is 9.79 Å². The van der Waals surface area contributed by atoms with E-state index in [1.54, 1.807) is 0 Å². The van der Waals surface area contributed by atoms with Crippen molar-refractivity contribution in [2.75, 3.05) is 33.9 Å². The molecule has 0 unspecified atom stereocenters. The third-order valence-electron chi connectivity index (χ3n) is 1.32. The fraction of sp³-hybridized carbons (Fsp3) is 1.00. The van der Waals surface area contributed by atoms with Gasteiger partial charge in [0, 0.05) is 0 Å². The van der Waals surface area contributed by atoms with E-state index in [2.05, 4.69) is 0 Å². The molecular formula is C7H20NO4P. The van der Waals surface area contributed by atoms with E-state index >= 15 is 0 Å². The number of hydrogen-bond donors (Lipinski definition) is 2. The number of hydrogen-bond acceptors (Lipinski definition) is 5. The summed E-state index contributed by atoms with van der Waals surface area (Å²) in [6.45, 7) is 3.13. The van der Waals surface area contributed by atoms with Crippen LogP contribution in [0.3, 0.4) is 0 Å². The van der Waals surface area contributed by atoms with E-state index in [1.165, 1.54) is 0 Å². The second kappa shape index (κ2) is 6.65. The van der Waals surface area contributed by atoms with Crippen molar-refractivity contribution in [2.24, 2.45) is 0 Å². The van der Waals surface area contributed by atoms with Gasteiger partial charge in [0.25, 0.3) is 0 Å². The molecule has 0 rings (SSSR count). The van der Waals surface area contributed by atoms with Crippen LogP contribution in [0.2, 0.25) is 0 Å². The molecular weight excluding hydrogens is 193 g/mol. The van der Waals surface area contributed by atoms with Crippen LogP contribution < -0.4 is 0 Å². The van der Waals surface area contributed by atoms with Gasteiger partial charge < -0.3 is 0 Å². The zero-order valence-electron chi connectivity index (χ0n) is 8.49. The Labute approximate surface area is 79.9 Å². The van der Waals surface area contributed by atoms with E-state index in [4.69, 9.17) is 9.05 Å². The molecule has 0 atom stereocenters. The molecule has 0 aliphatic carbocycles. The zero-order valence-corrected chi connectivity index (χ0v) is 9.49. The van der Waals surface area contributed by atoms with E-state index < -0.39 is 8.17 Å². The van der Waals surface area contributed by atoms with Gasteiger partial charge in [-0.3, -0.25) is 0 Å². The summed E-state index contributed by atoms with van der Waals surface area (Å²) < 4.78 is 9.60. The predicted octanol–water partition coefficient (Wildman–Crippen LogP) is 0.386. The average Bonchev–Trinajstić information content (AvgIpc) is 2.00. The Bertz CT molecular complexity index is 132. The quantitative estimate of drug-likeness (QED) is 0.599. The molecule has 0 aliphatic rings. The molecule has 0 aromatic heterocycles. The van der Waals surface area contributed by atoms with Crippen molar-refractivity contribution in [3.8, 4) is 0 Å². The van der Waals surface area contributed by atoms with Gasteiger partial charge in [-0.05, 0) is 0 Å². The first-order chi connectivity index (χ1) is 5.98. The summed E-state index contributed by atoms with van der Waals surface area (Å²) in [7, 11) is -0.0514. The predicted molar refractivity (Wildman–Crippen MR) is 53.5 cm³/mol. The molecule has 0 radical (unpaired) electrons. The van der Waals surface area contributed by atoms with Crippen LogP contribution in [0.1, 0.15) is 13.3 Å². The van der Waals surface area contributed by atoms with Gasteiger partial charge in [0.05, 0.1) is 0 Å². The van der Waals surface area contributed by atoms with Crippen molar-refractivity contribution < 1.29 is 18.8 Å². The second-order valence-electron chi connectivity index (χ2n) is 3.05. The molecule has 0 aliphatic heterocycles. The van der Waals surface area contributed by atoms with Crippen LogP contribution in [0.4, 0.5) is 0 Å². The summed E-state index contributed by atoms with van der Waals surface area (Å²) in [6, 6.07) is 0. The Morgan fingerprint density at radius 3 is 2.15 bits per heavy atom. The summed E-state index contributed by atoms with van der Waals surface area (Å²) in [4.78, 5) is 20.3. The summed E-state index contributed by atoms with van der Waals surface area (Å²) in [6.07, 6.45) is 0.743. The summed E-state index contributed by atoms with van der Waals surface area (Å²) >= 11 is 0. The first-order valence-corrected chi connectivity index (χ1v) is 6.06. The molecule has 5 nitrogen and oxygen atoms in total. The molecule has 0 saturated heterocycles. The molecule has 6 heteroatoms. The molecule has 13 heavy (non-hydrogen) atoms. The van der Waals surface area contributed by atoms with Crippen molar-refractivity contribution in [3.63, 3.8) is 0 Å². The van der Waals surface area contributed by atoms with Crippen molar-refractivity contribution >= 4 is 8.17 Å². The summed E-state index contributed by atoms with van der Waals surface area (Å²) in [5.74, 6) is 0. The Balaban J connectivity index is 3.50. The molecule has 2 N–H and O–H groups in total. The van der Waals surface area contributed by atoms with Gasteiger partial charge in [0.15, 0.2) is 0 Å². The monoisotopic (exact) mass is 213 g/mol. The van der Waals surface area contributed by atoms with Crippen LogP contribution >= 0.6 is 8.17 Å². The first kappa shape index (κ1) is 13.2. The number of likely N-dealkylation sites (N-methyl/N-ethyl adjacent to an activating group) is 1. The molecule has 0 heterocycles. The molecule has 0 amide bonds. The van der Waals surface area contributed by atoms with E-state index in [0.717, 1.165) is 6.42 Å². The van der Waals surface area contributed by atoms with E-state index in [0.29, 0.717) is 13.2 Å². The van der Waals surface area contributed by atoms with Crippen LogP contribution in [0, 0.1) is 0 Å². The minimum atomic E-state index is -3.82. The van der Waals surface area contributed by atoms with Gasteiger partial charge in [-0.25, -0.2) is 0 Å². The molecule has 0 saturated carbocycles. The van der Waals surface area contributed by atoms with Gasteiger partial charge in [-0.15, -0.1) is 0 Å². The third kappa shape index (κ3) is 8.56. The van der Waals surface area contributed by atoms with Gasteiger partial charge in [0.1, 0.15) is 0 Å². The average molecular weight is 213 g/mol. The maximum absolute atomic E-state index is 9.19. The maximum atomic E-state index is 9.19. The Morgan fingerprint density at radius 1 is 1.15 bits per heavy atom. The van der Waals surface area contributed by atoms with Gasteiger partial charge in [0.2, 0.25) is 0 Å². The van der Waals surface area contributed by atoms with Crippen LogP contribution in [0.15, 0.2) is 0 Å². The van der Waals surface area contributed by atoms with E-state index in [1.807, 2.05) is 25.9 Å². The molecule has 82 valence electrons. The molecule has 0 aromatic rings. The van der Waals surface area contributed by atoms with E-state index in [-0.39, 0.29) is 6.61 Å². The summed E-state index contributed by atoms with van der Waals surface area (Å²) in [5, 5.41) is 0. The Hall–Kier alpha value is 0.230. The molecule has 0 fully saturated rings. The minimum absolute atomic E-state index is 0.274. The van der Waals surface area contributed by atoms with Crippen LogP contribution in [-0.2, 0) is 9.05 Å². The Kier molecular flexibility index (Phi) is 6.77. The van der Waals surface area contributed by atoms with Crippen molar-refractivity contribution in [2.45, 2.75) is 13.3 Å². The first-order valence-electron chi connectivity index (χ1n) is 4.35. The van der Waals surface area contributed by atoms with Crippen molar-refractivity contribution in [1.29, 1.82) is 0 Å². The normalized spacial score (nSPS) is 13.7. The van der Waals surface area contributed by atoms with Crippen LogP contribution in [-0.4, -0.2) is 48.5 Å². The van der Waals surface area contributed by atoms with Crippen LogP contribution in [0.5, 0.6) is 0 Å². The second-order valence-corrected chi connectivity index (χ2v) is 4.72.